The maximum Gasteiger partial charge on any atom is 0.343 e. The highest BCUT2D eigenvalue weighted by molar-refractivity contribution is 6.22. The Morgan fingerprint density at radius 2 is 1.61 bits per heavy atom. The minimum atomic E-state index is -0.715. The number of carbonyl (C=O) groups is 3. The first-order valence-corrected chi connectivity index (χ1v) is 12.3. The van der Waals surface area contributed by atoms with Crippen LogP contribution in [0.25, 0.3) is 11.0 Å². The molecule has 1 aliphatic heterocycles. The van der Waals surface area contributed by atoms with E-state index in [4.69, 9.17) is 13.9 Å². The summed E-state index contributed by atoms with van der Waals surface area (Å²) in [5.41, 5.74) is 1.56. The summed E-state index contributed by atoms with van der Waals surface area (Å²) in [5, 5.41) is 0.263. The number of imide groups is 1. The number of nitrogens with zero attached hydrogens (tertiary/aromatic N) is 1. The van der Waals surface area contributed by atoms with E-state index >= 15 is 0 Å². The molecule has 1 aromatic heterocycles. The molecule has 4 aromatic rings. The van der Waals surface area contributed by atoms with Crippen molar-refractivity contribution >= 4 is 28.8 Å². The van der Waals surface area contributed by atoms with E-state index in [1.54, 1.807) is 12.1 Å². The minimum Gasteiger partial charge on any atom is -0.460 e. The molecule has 8 nitrogen and oxygen atoms in total. The molecule has 0 saturated carbocycles. The van der Waals surface area contributed by atoms with Gasteiger partial charge in [-0.1, -0.05) is 32.9 Å². The first-order chi connectivity index (χ1) is 18.2. The number of fused-ring (bicyclic) bond motifs is 2. The molecule has 38 heavy (non-hydrogen) atoms. The van der Waals surface area contributed by atoms with Gasteiger partial charge >= 0.3 is 5.97 Å². The van der Waals surface area contributed by atoms with Crippen LogP contribution in [0.1, 0.15) is 57.4 Å². The lowest BCUT2D eigenvalue weighted by molar-refractivity contribution is 0.0635. The van der Waals surface area contributed by atoms with Crippen molar-refractivity contribution in [3.63, 3.8) is 0 Å². The van der Waals surface area contributed by atoms with Crippen LogP contribution in [-0.2, 0) is 6.42 Å². The summed E-state index contributed by atoms with van der Waals surface area (Å²) >= 11 is 0. The summed E-state index contributed by atoms with van der Waals surface area (Å²) in [6.07, 6.45) is 2.11. The molecule has 0 radical (unpaired) electrons. The lowest BCUT2D eigenvalue weighted by Crippen LogP contribution is -2.33. The van der Waals surface area contributed by atoms with E-state index in [1.165, 1.54) is 47.6 Å². The zero-order chi connectivity index (χ0) is 27.0. The molecule has 2 heterocycles. The van der Waals surface area contributed by atoms with Gasteiger partial charge in [-0.25, -0.2) is 4.79 Å². The summed E-state index contributed by atoms with van der Waals surface area (Å²) in [6, 6.07) is 16.1. The second-order valence-corrected chi connectivity index (χ2v) is 9.45. The van der Waals surface area contributed by atoms with E-state index in [2.05, 4.69) is 6.92 Å². The van der Waals surface area contributed by atoms with Crippen LogP contribution < -0.4 is 14.9 Å². The number of ether oxygens (including phenoxy) is 2. The van der Waals surface area contributed by atoms with Crippen molar-refractivity contribution in [2.75, 3.05) is 6.54 Å². The molecule has 1 aliphatic rings. The summed E-state index contributed by atoms with van der Waals surface area (Å²) < 4.78 is 16.8. The normalized spacial score (nSPS) is 12.8. The van der Waals surface area contributed by atoms with Gasteiger partial charge in [0.25, 0.3) is 11.8 Å². The fourth-order valence-corrected chi connectivity index (χ4v) is 4.26. The zero-order valence-electron chi connectivity index (χ0n) is 21.1. The Kier molecular flexibility index (Phi) is 6.55. The Hall–Kier alpha value is -4.72. The number of carbonyl (C=O) groups excluding carboxylic acids is 3. The van der Waals surface area contributed by atoms with Crippen LogP contribution in [0, 0.1) is 5.92 Å². The van der Waals surface area contributed by atoms with E-state index in [1.807, 2.05) is 26.0 Å². The van der Waals surface area contributed by atoms with Crippen molar-refractivity contribution in [3.8, 4) is 17.2 Å². The van der Waals surface area contributed by atoms with Crippen LogP contribution in [-0.4, -0.2) is 29.2 Å². The molecule has 0 spiro atoms. The number of amides is 2. The number of rotatable bonds is 7. The Morgan fingerprint density at radius 1 is 0.895 bits per heavy atom. The maximum absolute atomic E-state index is 12.9. The molecule has 0 N–H and O–H groups in total. The van der Waals surface area contributed by atoms with Gasteiger partial charge in [0.1, 0.15) is 23.3 Å². The number of hydrogen-bond donors (Lipinski definition) is 0. The molecule has 0 bridgehead atoms. The second-order valence-electron chi connectivity index (χ2n) is 9.45. The number of aryl methyl sites for hydroxylation is 1. The largest absolute Gasteiger partial charge is 0.460 e. The van der Waals surface area contributed by atoms with E-state index in [0.717, 1.165) is 12.0 Å². The number of hydrogen-bond acceptors (Lipinski definition) is 7. The van der Waals surface area contributed by atoms with Crippen molar-refractivity contribution < 1.29 is 28.3 Å². The molecule has 3 aromatic carbocycles. The van der Waals surface area contributed by atoms with Gasteiger partial charge in [0.2, 0.25) is 11.2 Å². The summed E-state index contributed by atoms with van der Waals surface area (Å²) in [5.74, 6) is -0.697. The summed E-state index contributed by atoms with van der Waals surface area (Å²) in [7, 11) is 0. The Balaban J connectivity index is 1.34. The van der Waals surface area contributed by atoms with Crippen LogP contribution in [0.3, 0.4) is 0 Å². The van der Waals surface area contributed by atoms with Crippen molar-refractivity contribution in [1.82, 2.24) is 4.90 Å². The van der Waals surface area contributed by atoms with Crippen molar-refractivity contribution in [3.05, 3.63) is 99.4 Å². The predicted molar refractivity (Wildman–Crippen MR) is 140 cm³/mol. The highest BCUT2D eigenvalue weighted by Crippen LogP contribution is 2.27. The first kappa shape index (κ1) is 25.0. The molecule has 2 amide bonds. The molecule has 5 rings (SSSR count). The lowest BCUT2D eigenvalue weighted by Gasteiger charge is -2.15. The molecule has 0 unspecified atom stereocenters. The Labute approximate surface area is 218 Å². The third-order valence-electron chi connectivity index (χ3n) is 6.24. The van der Waals surface area contributed by atoms with Crippen molar-refractivity contribution in [2.24, 2.45) is 5.92 Å². The first-order valence-electron chi connectivity index (χ1n) is 12.3. The average Bonchev–Trinajstić information content (AvgIpc) is 3.14. The molecular weight excluding hydrogens is 486 g/mol. The van der Waals surface area contributed by atoms with Gasteiger partial charge in [0, 0.05) is 12.6 Å². The second kappa shape index (κ2) is 9.97. The highest BCUT2D eigenvalue weighted by Gasteiger charge is 2.36. The van der Waals surface area contributed by atoms with Gasteiger partial charge < -0.3 is 13.9 Å². The Bertz CT molecular complexity index is 1630. The molecule has 0 aliphatic carbocycles. The fraction of sp³-hybridized carbons (Fsp3) is 0.200. The smallest absolute Gasteiger partial charge is 0.343 e. The third-order valence-corrected chi connectivity index (χ3v) is 6.24. The molecule has 8 heteroatoms. The van der Waals surface area contributed by atoms with E-state index < -0.39 is 11.9 Å². The molecule has 0 fully saturated rings. The maximum atomic E-state index is 12.9. The monoisotopic (exact) mass is 511 g/mol. The molecular formula is C30H25NO7. The van der Waals surface area contributed by atoms with Gasteiger partial charge in [-0.15, -0.1) is 0 Å². The predicted octanol–water partition coefficient (Wildman–Crippen LogP) is 5.62. The van der Waals surface area contributed by atoms with Crippen LogP contribution in [0.5, 0.6) is 17.2 Å². The van der Waals surface area contributed by atoms with E-state index in [9.17, 15) is 19.2 Å². The SMILES string of the molecule is CCc1ccc(Oc2coc3cc(OC(=O)c4ccc5c(c4)C(=O)N(CC(C)C)C5=O)ccc3c2=O)cc1. The Morgan fingerprint density at radius 3 is 2.32 bits per heavy atom. The van der Waals surface area contributed by atoms with E-state index in [0.29, 0.717) is 12.3 Å². The van der Waals surface area contributed by atoms with Crippen LogP contribution in [0.2, 0.25) is 0 Å². The van der Waals surface area contributed by atoms with Gasteiger partial charge in [-0.05, 0) is 60.4 Å². The topological polar surface area (TPSA) is 103 Å². The number of esters is 1. The lowest BCUT2D eigenvalue weighted by atomic mass is 10.1. The van der Waals surface area contributed by atoms with Gasteiger partial charge in [-0.3, -0.25) is 19.3 Å². The molecule has 192 valence electrons. The highest BCUT2D eigenvalue weighted by atomic mass is 16.5. The minimum absolute atomic E-state index is 0.0374. The van der Waals surface area contributed by atoms with Gasteiger partial charge in [0.05, 0.1) is 22.1 Å². The van der Waals surface area contributed by atoms with Gasteiger partial charge in [-0.2, -0.15) is 0 Å². The third kappa shape index (κ3) is 4.68. The number of benzene rings is 3. The quantitative estimate of drug-likeness (QED) is 0.180. The standard InChI is InChI=1S/C30H25NO7/c1-4-18-5-8-20(9-6-18)37-26-16-36-25-14-21(10-12-23(25)27(26)32)38-30(35)19-7-11-22-24(13-19)29(34)31(28(22)33)15-17(2)3/h5-14,16-17H,4,15H2,1-3H3. The van der Waals surface area contributed by atoms with Crippen molar-refractivity contribution in [1.29, 1.82) is 0 Å². The molecule has 0 atom stereocenters. The average molecular weight is 512 g/mol. The van der Waals surface area contributed by atoms with Crippen LogP contribution in [0.15, 0.2) is 76.1 Å². The van der Waals surface area contributed by atoms with Gasteiger partial charge in [0.15, 0.2) is 0 Å². The zero-order valence-corrected chi connectivity index (χ0v) is 21.1. The van der Waals surface area contributed by atoms with Crippen LogP contribution >= 0.6 is 0 Å². The van der Waals surface area contributed by atoms with Crippen LogP contribution in [0.4, 0.5) is 0 Å². The van der Waals surface area contributed by atoms with E-state index in [-0.39, 0.29) is 56.4 Å². The summed E-state index contributed by atoms with van der Waals surface area (Å²) in [4.78, 5) is 52.2. The molecule has 0 saturated heterocycles. The summed E-state index contributed by atoms with van der Waals surface area (Å²) in [6.45, 7) is 6.18. The van der Waals surface area contributed by atoms with Crippen molar-refractivity contribution in [2.45, 2.75) is 27.2 Å². The fourth-order valence-electron chi connectivity index (χ4n) is 4.26.